The summed E-state index contributed by atoms with van der Waals surface area (Å²) in [6.07, 6.45) is 0.982. The first-order valence-corrected chi connectivity index (χ1v) is 10.7. The summed E-state index contributed by atoms with van der Waals surface area (Å²) < 4.78 is 16.9. The first-order valence-electron chi connectivity index (χ1n) is 10.7. The summed E-state index contributed by atoms with van der Waals surface area (Å²) in [5.74, 6) is 0.566. The number of anilines is 2. The van der Waals surface area contributed by atoms with Crippen LogP contribution in [0.3, 0.4) is 0 Å². The number of amides is 1. The third-order valence-corrected chi connectivity index (χ3v) is 4.32. The summed E-state index contributed by atoms with van der Waals surface area (Å²) in [5, 5.41) is 2.64. The molecule has 0 fully saturated rings. The van der Waals surface area contributed by atoms with Crippen molar-refractivity contribution in [2.45, 2.75) is 53.1 Å². The van der Waals surface area contributed by atoms with E-state index in [9.17, 15) is 9.59 Å². The summed E-state index contributed by atoms with van der Waals surface area (Å²) in [7, 11) is 3.60. The number of unbranched alkanes of at least 4 members (excludes halogenated alkanes) is 1. The van der Waals surface area contributed by atoms with Gasteiger partial charge in [0.2, 0.25) is 0 Å². The number of aromatic nitrogens is 1. The molecule has 8 nitrogen and oxygen atoms in total. The minimum atomic E-state index is -0.697. The molecule has 0 aliphatic heterocycles. The van der Waals surface area contributed by atoms with Gasteiger partial charge in [-0.15, -0.1) is 0 Å². The molecule has 1 aromatic carbocycles. The molecule has 8 heteroatoms. The molecule has 2 rings (SSSR count). The van der Waals surface area contributed by atoms with Crippen molar-refractivity contribution in [2.24, 2.45) is 0 Å². The SMILES string of the molecule is CCCCOc1c(NC(=O)OC(C)(C)C)nc(N(C)C)c(C)c1C(=O)Oc1ccccc1. The number of pyridine rings is 1. The van der Waals surface area contributed by atoms with E-state index in [1.54, 1.807) is 71.0 Å². The Morgan fingerprint density at radius 1 is 1.12 bits per heavy atom. The van der Waals surface area contributed by atoms with E-state index < -0.39 is 17.7 Å². The van der Waals surface area contributed by atoms with Crippen LogP contribution in [0.1, 0.15) is 56.5 Å². The Balaban J connectivity index is 2.57. The molecule has 174 valence electrons. The molecule has 32 heavy (non-hydrogen) atoms. The number of nitrogens with one attached hydrogen (secondary N) is 1. The largest absolute Gasteiger partial charge is 0.489 e. The molecular formula is C24H33N3O5. The Morgan fingerprint density at radius 2 is 1.78 bits per heavy atom. The minimum absolute atomic E-state index is 0.102. The highest BCUT2D eigenvalue weighted by atomic mass is 16.6. The number of nitrogens with zero attached hydrogens (tertiary/aromatic N) is 2. The van der Waals surface area contributed by atoms with Crippen molar-refractivity contribution in [3.63, 3.8) is 0 Å². The van der Waals surface area contributed by atoms with E-state index >= 15 is 0 Å². The number of ether oxygens (including phenoxy) is 3. The Hall–Kier alpha value is -3.29. The van der Waals surface area contributed by atoms with E-state index in [2.05, 4.69) is 10.3 Å². The van der Waals surface area contributed by atoms with Crippen LogP contribution in [0.5, 0.6) is 11.5 Å². The monoisotopic (exact) mass is 443 g/mol. The number of hydrogen-bond acceptors (Lipinski definition) is 7. The van der Waals surface area contributed by atoms with Gasteiger partial charge in [-0.25, -0.2) is 14.6 Å². The van der Waals surface area contributed by atoms with Crippen LogP contribution in [-0.4, -0.2) is 43.3 Å². The zero-order chi connectivity index (χ0) is 23.9. The number of para-hydroxylation sites is 1. The fourth-order valence-corrected chi connectivity index (χ4v) is 2.91. The lowest BCUT2D eigenvalue weighted by atomic mass is 10.1. The highest BCUT2D eigenvalue weighted by Crippen LogP contribution is 2.36. The molecule has 0 saturated carbocycles. The molecule has 1 amide bonds. The molecule has 1 N–H and O–H groups in total. The lowest BCUT2D eigenvalue weighted by Gasteiger charge is -2.24. The van der Waals surface area contributed by atoms with Crippen LogP contribution in [-0.2, 0) is 4.74 Å². The summed E-state index contributed by atoms with van der Waals surface area (Å²) in [5.41, 5.74) is 0.0872. The van der Waals surface area contributed by atoms with Crippen molar-refractivity contribution in [1.29, 1.82) is 0 Å². The van der Waals surface area contributed by atoms with Gasteiger partial charge in [-0.1, -0.05) is 31.5 Å². The maximum atomic E-state index is 13.2. The smallest absolute Gasteiger partial charge is 0.413 e. The first-order chi connectivity index (χ1) is 15.0. The van der Waals surface area contributed by atoms with Crippen molar-refractivity contribution >= 4 is 23.7 Å². The normalized spacial score (nSPS) is 11.0. The average molecular weight is 444 g/mol. The topological polar surface area (TPSA) is 90.0 Å². The van der Waals surface area contributed by atoms with E-state index in [1.807, 2.05) is 13.0 Å². The van der Waals surface area contributed by atoms with Crippen molar-refractivity contribution in [2.75, 3.05) is 30.9 Å². The zero-order valence-corrected chi connectivity index (χ0v) is 19.9. The summed E-state index contributed by atoms with van der Waals surface area (Å²) in [4.78, 5) is 32.0. The second-order valence-electron chi connectivity index (χ2n) is 8.54. The second-order valence-corrected chi connectivity index (χ2v) is 8.54. The van der Waals surface area contributed by atoms with E-state index in [0.29, 0.717) is 23.7 Å². The predicted molar refractivity (Wildman–Crippen MR) is 125 cm³/mol. The van der Waals surface area contributed by atoms with Gasteiger partial charge in [0.25, 0.3) is 0 Å². The van der Waals surface area contributed by atoms with Gasteiger partial charge in [0.05, 0.1) is 6.61 Å². The van der Waals surface area contributed by atoms with Gasteiger partial charge in [0.1, 0.15) is 22.7 Å². The van der Waals surface area contributed by atoms with Gasteiger partial charge in [0.15, 0.2) is 11.6 Å². The molecule has 0 unspecified atom stereocenters. The molecular weight excluding hydrogens is 410 g/mol. The number of carbonyl (C=O) groups excluding carboxylic acids is 2. The summed E-state index contributed by atoms with van der Waals surface area (Å²) in [6, 6.07) is 8.78. The third kappa shape index (κ3) is 6.87. The van der Waals surface area contributed by atoms with Crippen LogP contribution in [0.25, 0.3) is 0 Å². The quantitative estimate of drug-likeness (QED) is 0.341. The summed E-state index contributed by atoms with van der Waals surface area (Å²) >= 11 is 0. The van der Waals surface area contributed by atoms with Crippen LogP contribution in [0.15, 0.2) is 30.3 Å². The molecule has 0 spiro atoms. The molecule has 1 heterocycles. The first kappa shape index (κ1) is 25.0. The van der Waals surface area contributed by atoms with Gasteiger partial charge in [-0.3, -0.25) is 5.32 Å². The fourth-order valence-electron chi connectivity index (χ4n) is 2.91. The van der Waals surface area contributed by atoms with Crippen LogP contribution in [0.4, 0.5) is 16.4 Å². The Labute approximate surface area is 189 Å². The highest BCUT2D eigenvalue weighted by Gasteiger charge is 2.28. The van der Waals surface area contributed by atoms with E-state index in [-0.39, 0.29) is 17.1 Å². The predicted octanol–water partition coefficient (Wildman–Crippen LogP) is 5.20. The van der Waals surface area contributed by atoms with Crippen LogP contribution in [0.2, 0.25) is 0 Å². The van der Waals surface area contributed by atoms with E-state index in [1.165, 1.54) is 0 Å². The molecule has 0 radical (unpaired) electrons. The molecule has 0 bridgehead atoms. The standard InChI is InChI=1S/C24H33N3O5/c1-8-9-15-30-19-18(22(28)31-17-13-11-10-12-14-17)16(2)21(27(6)7)25-20(19)26-23(29)32-24(3,4)5/h10-14H,8-9,15H2,1-7H3,(H,25,26,29). The lowest BCUT2D eigenvalue weighted by molar-refractivity contribution is 0.0632. The molecule has 0 saturated heterocycles. The molecule has 1 aromatic heterocycles. The van der Waals surface area contributed by atoms with Gasteiger partial charge in [0, 0.05) is 19.7 Å². The summed E-state index contributed by atoms with van der Waals surface area (Å²) in [6.45, 7) is 9.46. The second kappa shape index (κ2) is 10.8. The van der Waals surface area contributed by atoms with Crippen molar-refractivity contribution in [3.8, 4) is 11.5 Å². The van der Waals surface area contributed by atoms with E-state index in [4.69, 9.17) is 14.2 Å². The third-order valence-electron chi connectivity index (χ3n) is 4.32. The Kier molecular flexibility index (Phi) is 8.46. The maximum absolute atomic E-state index is 13.2. The molecule has 2 aromatic rings. The van der Waals surface area contributed by atoms with E-state index in [0.717, 1.165) is 12.8 Å². The molecule has 0 atom stereocenters. The van der Waals surface area contributed by atoms with Gasteiger partial charge < -0.3 is 19.1 Å². The Morgan fingerprint density at radius 3 is 2.34 bits per heavy atom. The van der Waals surface area contributed by atoms with Crippen LogP contribution in [0, 0.1) is 6.92 Å². The molecule has 0 aliphatic rings. The maximum Gasteiger partial charge on any atom is 0.413 e. The van der Waals surface area contributed by atoms with Gasteiger partial charge in [-0.2, -0.15) is 0 Å². The van der Waals surface area contributed by atoms with Gasteiger partial charge in [-0.05, 0) is 46.2 Å². The zero-order valence-electron chi connectivity index (χ0n) is 19.9. The Bertz CT molecular complexity index is 937. The number of esters is 1. The fraction of sp³-hybridized carbons (Fsp3) is 0.458. The van der Waals surface area contributed by atoms with Crippen molar-refractivity contribution in [3.05, 3.63) is 41.5 Å². The number of hydrogen-bond donors (Lipinski definition) is 1. The molecule has 0 aliphatic carbocycles. The lowest BCUT2D eigenvalue weighted by Crippen LogP contribution is -2.28. The number of rotatable bonds is 8. The van der Waals surface area contributed by atoms with Crippen LogP contribution < -0.4 is 19.7 Å². The minimum Gasteiger partial charge on any atom is -0.489 e. The highest BCUT2D eigenvalue weighted by molar-refractivity contribution is 6.00. The number of benzene rings is 1. The van der Waals surface area contributed by atoms with Crippen molar-refractivity contribution < 1.29 is 23.8 Å². The van der Waals surface area contributed by atoms with Crippen LogP contribution >= 0.6 is 0 Å². The number of carbonyl (C=O) groups is 2. The van der Waals surface area contributed by atoms with Crippen molar-refractivity contribution in [1.82, 2.24) is 4.98 Å². The van der Waals surface area contributed by atoms with Gasteiger partial charge >= 0.3 is 12.1 Å². The average Bonchev–Trinajstić information content (AvgIpc) is 2.68.